The summed E-state index contributed by atoms with van der Waals surface area (Å²) in [5.74, 6) is 0. The zero-order valence-corrected chi connectivity index (χ0v) is 8.20. The molecule has 1 aromatic carbocycles. The largest absolute Gasteiger partial charge is 0.118 e. The zero-order valence-electron chi connectivity index (χ0n) is 6.69. The van der Waals surface area contributed by atoms with Gasteiger partial charge in [0, 0.05) is 5.02 Å². The maximum Gasteiger partial charge on any atom is 0.0588 e. The summed E-state index contributed by atoms with van der Waals surface area (Å²) in [5.41, 5.74) is 2.60. The second-order valence-electron chi connectivity index (χ2n) is 3.20. The number of benzene rings is 1. The predicted molar refractivity (Wildman–Crippen MR) is 53.0 cm³/mol. The van der Waals surface area contributed by atoms with Crippen LogP contribution in [0.4, 0.5) is 0 Å². The first-order valence-electron chi connectivity index (χ1n) is 4.20. The average Bonchev–Trinajstić information content (AvgIpc) is 2.07. The highest BCUT2D eigenvalue weighted by Gasteiger charge is 2.17. The molecular weight excluding hydrogens is 191 g/mol. The lowest BCUT2D eigenvalue weighted by molar-refractivity contribution is 0.667. The fraction of sp³-hybridized carbons (Fsp3) is 0.400. The van der Waals surface area contributed by atoms with Crippen molar-refractivity contribution < 1.29 is 0 Å². The lowest BCUT2D eigenvalue weighted by Crippen LogP contribution is -2.04. The van der Waals surface area contributed by atoms with E-state index in [4.69, 9.17) is 23.2 Å². The molecule has 2 rings (SSSR count). The van der Waals surface area contributed by atoms with Gasteiger partial charge in [-0.3, -0.25) is 0 Å². The molecule has 2 heteroatoms. The van der Waals surface area contributed by atoms with Gasteiger partial charge in [0.15, 0.2) is 0 Å². The predicted octanol–water partition coefficient (Wildman–Crippen LogP) is 3.96. The number of aryl methyl sites for hydroxylation is 1. The maximum absolute atomic E-state index is 6.16. The third-order valence-corrected chi connectivity index (χ3v) is 3.04. The fourth-order valence-corrected chi connectivity index (χ4v) is 2.25. The quantitative estimate of drug-likeness (QED) is 0.557. The summed E-state index contributed by atoms with van der Waals surface area (Å²) in [6.45, 7) is 0. The summed E-state index contributed by atoms with van der Waals surface area (Å²) >= 11 is 12.0. The molecule has 1 unspecified atom stereocenters. The Balaban J connectivity index is 2.47. The fourth-order valence-electron chi connectivity index (χ4n) is 1.71. The van der Waals surface area contributed by atoms with Gasteiger partial charge in [-0.15, -0.1) is 11.6 Å². The van der Waals surface area contributed by atoms with Crippen LogP contribution in [-0.2, 0) is 6.42 Å². The van der Waals surface area contributed by atoms with Gasteiger partial charge in [-0.05, 0) is 42.5 Å². The molecule has 0 N–H and O–H groups in total. The molecule has 0 aromatic heterocycles. The molecule has 0 bridgehead atoms. The van der Waals surface area contributed by atoms with E-state index in [1.165, 1.54) is 17.5 Å². The van der Waals surface area contributed by atoms with E-state index < -0.39 is 0 Å². The first-order chi connectivity index (χ1) is 5.77. The number of alkyl halides is 1. The summed E-state index contributed by atoms with van der Waals surface area (Å²) in [5, 5.41) is 0.966. The summed E-state index contributed by atoms with van der Waals surface area (Å²) < 4.78 is 0. The second kappa shape index (κ2) is 3.27. The third-order valence-electron chi connectivity index (χ3n) is 2.35. The van der Waals surface area contributed by atoms with Gasteiger partial charge in [0.25, 0.3) is 0 Å². The van der Waals surface area contributed by atoms with Gasteiger partial charge in [0.1, 0.15) is 0 Å². The molecule has 1 aromatic rings. The molecule has 0 heterocycles. The van der Waals surface area contributed by atoms with Crippen LogP contribution in [0.25, 0.3) is 0 Å². The average molecular weight is 201 g/mol. The van der Waals surface area contributed by atoms with Crippen molar-refractivity contribution in [1.29, 1.82) is 0 Å². The van der Waals surface area contributed by atoms with Crippen LogP contribution in [0.3, 0.4) is 0 Å². The molecule has 0 radical (unpaired) electrons. The number of hydrogen-bond donors (Lipinski definition) is 0. The molecule has 12 heavy (non-hydrogen) atoms. The van der Waals surface area contributed by atoms with E-state index in [1.54, 1.807) is 0 Å². The number of rotatable bonds is 0. The first kappa shape index (κ1) is 8.40. The van der Waals surface area contributed by atoms with Crippen molar-refractivity contribution in [3.63, 3.8) is 0 Å². The molecule has 0 amide bonds. The number of halogens is 2. The molecule has 64 valence electrons. The minimum Gasteiger partial charge on any atom is -0.118 e. The van der Waals surface area contributed by atoms with Crippen molar-refractivity contribution in [1.82, 2.24) is 0 Å². The summed E-state index contributed by atoms with van der Waals surface area (Å²) in [4.78, 5) is 0. The van der Waals surface area contributed by atoms with Gasteiger partial charge >= 0.3 is 0 Å². The van der Waals surface area contributed by atoms with Crippen molar-refractivity contribution in [2.45, 2.75) is 24.6 Å². The van der Waals surface area contributed by atoms with E-state index in [-0.39, 0.29) is 5.38 Å². The minimum atomic E-state index is 0.174. The minimum absolute atomic E-state index is 0.174. The molecule has 0 nitrogen and oxygen atoms in total. The van der Waals surface area contributed by atoms with Gasteiger partial charge in [0.05, 0.1) is 5.38 Å². The molecule has 0 saturated carbocycles. The Morgan fingerprint density at radius 2 is 2.17 bits per heavy atom. The summed E-state index contributed by atoms with van der Waals surface area (Å²) in [6, 6.07) is 6.02. The van der Waals surface area contributed by atoms with Gasteiger partial charge < -0.3 is 0 Å². The Morgan fingerprint density at radius 1 is 1.33 bits per heavy atom. The Kier molecular flexibility index (Phi) is 2.29. The second-order valence-corrected chi connectivity index (χ2v) is 4.17. The Hall–Kier alpha value is -0.200. The highest BCUT2D eigenvalue weighted by atomic mass is 35.5. The van der Waals surface area contributed by atoms with Gasteiger partial charge in [0.2, 0.25) is 0 Å². The van der Waals surface area contributed by atoms with Crippen LogP contribution in [0.1, 0.15) is 29.3 Å². The highest BCUT2D eigenvalue weighted by molar-refractivity contribution is 6.30. The van der Waals surface area contributed by atoms with Crippen LogP contribution in [0.15, 0.2) is 18.2 Å². The topological polar surface area (TPSA) is 0 Å². The van der Waals surface area contributed by atoms with Gasteiger partial charge in [-0.1, -0.05) is 17.7 Å². The van der Waals surface area contributed by atoms with Crippen LogP contribution >= 0.6 is 23.2 Å². The van der Waals surface area contributed by atoms with E-state index >= 15 is 0 Å². The smallest absolute Gasteiger partial charge is 0.0588 e. The van der Waals surface area contributed by atoms with Crippen molar-refractivity contribution in [2.75, 3.05) is 0 Å². The molecule has 0 fully saturated rings. The van der Waals surface area contributed by atoms with Crippen LogP contribution in [-0.4, -0.2) is 0 Å². The Morgan fingerprint density at radius 3 is 3.00 bits per heavy atom. The van der Waals surface area contributed by atoms with E-state index in [9.17, 15) is 0 Å². The molecular formula is C10H10Cl2. The van der Waals surface area contributed by atoms with Gasteiger partial charge in [-0.25, -0.2) is 0 Å². The van der Waals surface area contributed by atoms with Crippen molar-refractivity contribution in [3.8, 4) is 0 Å². The lowest BCUT2D eigenvalue weighted by Gasteiger charge is -2.20. The maximum atomic E-state index is 6.16. The van der Waals surface area contributed by atoms with Crippen LogP contribution in [0.5, 0.6) is 0 Å². The van der Waals surface area contributed by atoms with Crippen molar-refractivity contribution in [3.05, 3.63) is 34.3 Å². The molecule has 0 saturated heterocycles. The van der Waals surface area contributed by atoms with E-state index in [0.29, 0.717) is 0 Å². The van der Waals surface area contributed by atoms with Crippen LogP contribution < -0.4 is 0 Å². The lowest BCUT2D eigenvalue weighted by atomic mass is 9.91. The first-order valence-corrected chi connectivity index (χ1v) is 5.01. The molecule has 1 atom stereocenters. The zero-order chi connectivity index (χ0) is 8.55. The van der Waals surface area contributed by atoms with E-state index in [2.05, 4.69) is 6.07 Å². The normalized spacial score (nSPS) is 22.0. The summed E-state index contributed by atoms with van der Waals surface area (Å²) in [7, 11) is 0. The third kappa shape index (κ3) is 1.46. The standard InChI is InChI=1S/C10H10Cl2/c11-8-5-4-7-2-1-3-10(12)9(7)6-8/h4-6,10H,1-3H2. The van der Waals surface area contributed by atoms with E-state index in [1.807, 2.05) is 12.1 Å². The molecule has 0 aliphatic heterocycles. The number of fused-ring (bicyclic) bond motifs is 1. The molecule has 1 aliphatic carbocycles. The summed E-state index contributed by atoms with van der Waals surface area (Å²) in [6.07, 6.45) is 3.42. The highest BCUT2D eigenvalue weighted by Crippen LogP contribution is 2.35. The monoisotopic (exact) mass is 200 g/mol. The van der Waals surface area contributed by atoms with Crippen LogP contribution in [0, 0.1) is 0 Å². The number of hydrogen-bond acceptors (Lipinski definition) is 0. The molecule has 0 spiro atoms. The van der Waals surface area contributed by atoms with Crippen LogP contribution in [0.2, 0.25) is 5.02 Å². The van der Waals surface area contributed by atoms with Crippen molar-refractivity contribution in [2.24, 2.45) is 0 Å². The van der Waals surface area contributed by atoms with E-state index in [0.717, 1.165) is 17.9 Å². The molecule has 1 aliphatic rings. The Labute approximate surface area is 82.5 Å². The van der Waals surface area contributed by atoms with Gasteiger partial charge in [-0.2, -0.15) is 0 Å². The Bertz CT molecular complexity index is 294. The van der Waals surface area contributed by atoms with Crippen molar-refractivity contribution >= 4 is 23.2 Å². The SMILES string of the molecule is Clc1ccc2c(c1)C(Cl)CCC2.